The molecule has 2 heterocycles. The molecule has 5 aromatic rings. The maximum Gasteiger partial charge on any atom is 0.341 e. The molecule has 0 aliphatic heterocycles. The molecule has 0 unspecified atom stereocenters. The molecule has 7 heteroatoms. The quantitative estimate of drug-likeness (QED) is 0.350. The van der Waals surface area contributed by atoms with Crippen LogP contribution in [0.1, 0.15) is 25.3 Å². The zero-order valence-electron chi connectivity index (χ0n) is 20.8. The van der Waals surface area contributed by atoms with Crippen molar-refractivity contribution in [2.24, 2.45) is 7.05 Å². The smallest absolute Gasteiger partial charge is 0.341 e. The van der Waals surface area contributed by atoms with Crippen LogP contribution in [0.5, 0.6) is 0 Å². The normalized spacial score (nSPS) is 11.1. The van der Waals surface area contributed by atoms with E-state index in [2.05, 4.69) is 12.2 Å². The predicted molar refractivity (Wildman–Crippen MR) is 149 cm³/mol. The number of unbranched alkanes of at least 4 members (excludes halogenated alkanes) is 1. The van der Waals surface area contributed by atoms with Crippen LogP contribution in [0.3, 0.4) is 0 Å². The van der Waals surface area contributed by atoms with Crippen molar-refractivity contribution in [3.8, 4) is 11.4 Å². The van der Waals surface area contributed by atoms with Crippen LogP contribution >= 0.6 is 0 Å². The number of pyridine rings is 1. The first-order valence-electron chi connectivity index (χ1n) is 12.4. The third-order valence-corrected chi connectivity index (χ3v) is 6.50. The second-order valence-corrected chi connectivity index (χ2v) is 9.01. The molecule has 186 valence electrons. The summed E-state index contributed by atoms with van der Waals surface area (Å²) < 4.78 is 3.92. The molecule has 0 amide bonds. The van der Waals surface area contributed by atoms with E-state index in [1.807, 2.05) is 48.5 Å². The number of nitrogens with zero attached hydrogens (tertiary/aromatic N) is 3. The maximum atomic E-state index is 14.0. The van der Waals surface area contributed by atoms with Gasteiger partial charge in [0.1, 0.15) is 11.0 Å². The fourth-order valence-electron chi connectivity index (χ4n) is 4.55. The molecule has 0 atom stereocenters. The van der Waals surface area contributed by atoms with Crippen molar-refractivity contribution in [3.63, 3.8) is 0 Å². The predicted octanol–water partition coefficient (Wildman–Crippen LogP) is 4.93. The Morgan fingerprint density at radius 1 is 0.757 bits per heavy atom. The Labute approximate surface area is 213 Å². The summed E-state index contributed by atoms with van der Waals surface area (Å²) in [5.41, 5.74) is 2.15. The van der Waals surface area contributed by atoms with Gasteiger partial charge in [-0.3, -0.25) is 14.2 Å². The number of aromatic nitrogens is 3. The summed E-state index contributed by atoms with van der Waals surface area (Å²) in [5.74, 6) is 0. The molecule has 2 aromatic heterocycles. The van der Waals surface area contributed by atoms with E-state index in [9.17, 15) is 14.4 Å². The molecule has 0 spiro atoms. The number of aryl methyl sites for hydroxylation is 2. The van der Waals surface area contributed by atoms with Gasteiger partial charge in [-0.25, -0.2) is 13.9 Å². The van der Waals surface area contributed by atoms with Crippen molar-refractivity contribution in [2.75, 3.05) is 5.32 Å². The highest BCUT2D eigenvalue weighted by atomic mass is 16.2. The highest BCUT2D eigenvalue weighted by Gasteiger charge is 2.21. The zero-order valence-corrected chi connectivity index (χ0v) is 20.8. The van der Waals surface area contributed by atoms with E-state index in [0.29, 0.717) is 17.1 Å². The van der Waals surface area contributed by atoms with Gasteiger partial charge in [-0.15, -0.1) is 0 Å². The lowest BCUT2D eigenvalue weighted by Gasteiger charge is -2.19. The number of rotatable bonds is 7. The van der Waals surface area contributed by atoms with E-state index in [4.69, 9.17) is 0 Å². The number of hydrogen-bond donors (Lipinski definition) is 1. The van der Waals surface area contributed by atoms with Gasteiger partial charge in [-0.2, -0.15) is 0 Å². The minimum Gasteiger partial charge on any atom is -0.355 e. The van der Waals surface area contributed by atoms with E-state index in [1.165, 1.54) is 20.8 Å². The third kappa shape index (κ3) is 4.51. The molecule has 0 bridgehead atoms. The van der Waals surface area contributed by atoms with Gasteiger partial charge in [-0.05, 0) is 54.8 Å². The highest BCUT2D eigenvalue weighted by Crippen LogP contribution is 2.24. The summed E-state index contributed by atoms with van der Waals surface area (Å²) in [5, 5.41) is 3.51. The van der Waals surface area contributed by atoms with Crippen LogP contribution in [0.4, 0.5) is 11.4 Å². The van der Waals surface area contributed by atoms with Crippen LogP contribution in [0.25, 0.3) is 22.4 Å². The third-order valence-electron chi connectivity index (χ3n) is 6.50. The molecule has 0 saturated heterocycles. The SMILES string of the molecule is CCCCc1ccc(Nc2cc(=O)n(C)c3c2c(=O)n(-c2ccccc2)c(=O)n3-c2ccccc2)cc1. The van der Waals surface area contributed by atoms with Crippen molar-refractivity contribution in [1.29, 1.82) is 0 Å². The topological polar surface area (TPSA) is 78.0 Å². The Hall–Kier alpha value is -4.65. The minimum absolute atomic E-state index is 0.225. The van der Waals surface area contributed by atoms with Gasteiger partial charge in [-0.1, -0.05) is 61.9 Å². The molecule has 0 saturated carbocycles. The molecular weight excluding hydrogens is 464 g/mol. The van der Waals surface area contributed by atoms with E-state index in [0.717, 1.165) is 29.5 Å². The van der Waals surface area contributed by atoms with E-state index in [1.54, 1.807) is 43.4 Å². The van der Waals surface area contributed by atoms with Gasteiger partial charge < -0.3 is 5.32 Å². The first kappa shape index (κ1) is 24.1. The fraction of sp³-hybridized carbons (Fsp3) is 0.167. The second-order valence-electron chi connectivity index (χ2n) is 9.01. The van der Waals surface area contributed by atoms with Crippen LogP contribution in [0, 0.1) is 0 Å². The van der Waals surface area contributed by atoms with E-state index < -0.39 is 11.2 Å². The number of benzene rings is 3. The molecular formula is C30H28N4O3. The molecule has 1 N–H and O–H groups in total. The van der Waals surface area contributed by atoms with Crippen LogP contribution in [0.2, 0.25) is 0 Å². The van der Waals surface area contributed by atoms with Crippen LogP contribution < -0.4 is 22.1 Å². The lowest BCUT2D eigenvalue weighted by Crippen LogP contribution is -2.40. The molecule has 37 heavy (non-hydrogen) atoms. The molecule has 0 aliphatic carbocycles. The van der Waals surface area contributed by atoms with Crippen molar-refractivity contribution in [3.05, 3.63) is 128 Å². The number of fused-ring (bicyclic) bond motifs is 1. The first-order chi connectivity index (χ1) is 18.0. The average molecular weight is 493 g/mol. The lowest BCUT2D eigenvalue weighted by molar-refractivity contribution is 0.784. The zero-order chi connectivity index (χ0) is 25.9. The lowest BCUT2D eigenvalue weighted by atomic mass is 10.1. The Bertz CT molecular complexity index is 1730. The molecule has 0 aliphatic rings. The van der Waals surface area contributed by atoms with Crippen LogP contribution in [-0.4, -0.2) is 13.7 Å². The largest absolute Gasteiger partial charge is 0.355 e. The summed E-state index contributed by atoms with van der Waals surface area (Å²) in [6.07, 6.45) is 3.23. The van der Waals surface area contributed by atoms with Crippen molar-refractivity contribution >= 4 is 22.4 Å². The number of para-hydroxylation sites is 2. The van der Waals surface area contributed by atoms with Crippen LogP contribution in [0.15, 0.2) is 105 Å². The Morgan fingerprint density at radius 3 is 1.95 bits per heavy atom. The van der Waals surface area contributed by atoms with Gasteiger partial charge in [0.15, 0.2) is 0 Å². The summed E-state index contributed by atoms with van der Waals surface area (Å²) >= 11 is 0. The molecule has 5 rings (SSSR count). The van der Waals surface area contributed by atoms with Crippen molar-refractivity contribution in [1.82, 2.24) is 13.7 Å². The first-order valence-corrected chi connectivity index (χ1v) is 12.4. The van der Waals surface area contributed by atoms with E-state index in [-0.39, 0.29) is 16.6 Å². The van der Waals surface area contributed by atoms with Crippen LogP contribution in [-0.2, 0) is 13.5 Å². The molecule has 0 fully saturated rings. The van der Waals surface area contributed by atoms with Crippen molar-refractivity contribution < 1.29 is 0 Å². The minimum atomic E-state index is -0.553. The number of anilines is 2. The van der Waals surface area contributed by atoms with Gasteiger partial charge in [0.25, 0.3) is 11.1 Å². The van der Waals surface area contributed by atoms with Gasteiger partial charge >= 0.3 is 5.69 Å². The van der Waals surface area contributed by atoms with E-state index >= 15 is 0 Å². The second kappa shape index (κ2) is 10.1. The maximum absolute atomic E-state index is 14.0. The Balaban J connectivity index is 1.81. The number of hydrogen-bond acceptors (Lipinski definition) is 4. The summed E-state index contributed by atoms with van der Waals surface area (Å²) in [4.78, 5) is 40.9. The summed E-state index contributed by atoms with van der Waals surface area (Å²) in [6.45, 7) is 2.16. The Kier molecular flexibility index (Phi) is 6.60. The standard InChI is InChI=1S/C30H28N4O3/c1-3-4-11-21-16-18-22(19-17-21)31-25-20-26(35)32(2)28-27(25)29(36)34(24-14-9-6-10-15-24)30(37)33(28)23-12-7-5-8-13-23/h5-10,12-20,31H,3-4,11H2,1-2H3. The molecule has 3 aromatic carbocycles. The van der Waals surface area contributed by atoms with Gasteiger partial charge in [0, 0.05) is 18.8 Å². The fourth-order valence-corrected chi connectivity index (χ4v) is 4.55. The Morgan fingerprint density at radius 2 is 1.35 bits per heavy atom. The van der Waals surface area contributed by atoms with Gasteiger partial charge in [0.2, 0.25) is 0 Å². The van der Waals surface area contributed by atoms with Gasteiger partial charge in [0.05, 0.1) is 17.1 Å². The number of nitrogens with one attached hydrogen (secondary N) is 1. The highest BCUT2D eigenvalue weighted by molar-refractivity contribution is 5.91. The average Bonchev–Trinajstić information content (AvgIpc) is 2.92. The monoisotopic (exact) mass is 492 g/mol. The summed E-state index contributed by atoms with van der Waals surface area (Å²) in [6, 6.07) is 27.2. The molecule has 0 radical (unpaired) electrons. The summed E-state index contributed by atoms with van der Waals surface area (Å²) in [7, 11) is 1.57. The molecule has 7 nitrogen and oxygen atoms in total. The van der Waals surface area contributed by atoms with Crippen molar-refractivity contribution in [2.45, 2.75) is 26.2 Å².